The van der Waals surface area contributed by atoms with Crippen molar-refractivity contribution < 1.29 is 14.3 Å². The number of hydrogen-bond donors (Lipinski definition) is 2. The Balaban J connectivity index is 1.77. The van der Waals surface area contributed by atoms with Crippen molar-refractivity contribution in [2.24, 2.45) is 5.84 Å². The molecule has 0 heterocycles. The van der Waals surface area contributed by atoms with Crippen LogP contribution in [0, 0.1) is 0 Å². The number of hydrazine groups is 1. The molecule has 2 rings (SSSR count). The van der Waals surface area contributed by atoms with Crippen molar-refractivity contribution >= 4 is 21.8 Å². The summed E-state index contributed by atoms with van der Waals surface area (Å²) in [5, 5.41) is 0. The fourth-order valence-electron chi connectivity index (χ4n) is 1.66. The van der Waals surface area contributed by atoms with Gasteiger partial charge < -0.3 is 9.47 Å². The normalized spacial score (nSPS) is 10.0. The van der Waals surface area contributed by atoms with Crippen LogP contribution in [0.4, 0.5) is 0 Å². The minimum atomic E-state index is -0.334. The van der Waals surface area contributed by atoms with Crippen molar-refractivity contribution in [2.75, 3.05) is 13.2 Å². The van der Waals surface area contributed by atoms with Gasteiger partial charge >= 0.3 is 0 Å². The number of hydrogen-bond acceptors (Lipinski definition) is 4. The minimum Gasteiger partial charge on any atom is -0.490 e. The van der Waals surface area contributed by atoms with Gasteiger partial charge in [0.05, 0.1) is 0 Å². The fourth-order valence-corrected chi connectivity index (χ4v) is 2.04. The highest BCUT2D eigenvalue weighted by Crippen LogP contribution is 2.17. The number of amides is 1. The molecule has 3 N–H and O–H groups in total. The second-order valence-corrected chi connectivity index (χ2v) is 5.07. The zero-order valence-electron chi connectivity index (χ0n) is 11.2. The molecule has 2 aromatic carbocycles. The summed E-state index contributed by atoms with van der Waals surface area (Å²) in [6.07, 6.45) is 0. The van der Waals surface area contributed by atoms with Crippen LogP contribution in [-0.4, -0.2) is 19.1 Å². The molecule has 0 aliphatic rings. The molecule has 0 bridgehead atoms. The molecule has 0 aromatic heterocycles. The summed E-state index contributed by atoms with van der Waals surface area (Å²) in [4.78, 5) is 11.3. The van der Waals surface area contributed by atoms with Gasteiger partial charge in [-0.05, 0) is 42.5 Å². The Morgan fingerprint density at radius 3 is 2.33 bits per heavy atom. The number of carbonyl (C=O) groups excluding carboxylic acids is 1. The molecule has 0 unspecified atom stereocenters. The summed E-state index contributed by atoms with van der Waals surface area (Å²) in [6.45, 7) is 0.844. The van der Waals surface area contributed by atoms with Gasteiger partial charge in [0.25, 0.3) is 5.91 Å². The fraction of sp³-hybridized carbons (Fsp3) is 0.133. The van der Waals surface area contributed by atoms with E-state index in [0.29, 0.717) is 24.5 Å². The summed E-state index contributed by atoms with van der Waals surface area (Å²) in [7, 11) is 0. The van der Waals surface area contributed by atoms with E-state index in [1.54, 1.807) is 24.3 Å². The summed E-state index contributed by atoms with van der Waals surface area (Å²) in [5.74, 6) is 6.17. The lowest BCUT2D eigenvalue weighted by Gasteiger charge is -2.09. The number of nitrogens with two attached hydrogens (primary N) is 1. The van der Waals surface area contributed by atoms with E-state index in [1.807, 2.05) is 24.3 Å². The molecular weight excluding hydrogens is 336 g/mol. The van der Waals surface area contributed by atoms with E-state index in [-0.39, 0.29) is 5.91 Å². The van der Waals surface area contributed by atoms with E-state index in [2.05, 4.69) is 21.4 Å². The Labute approximate surface area is 131 Å². The van der Waals surface area contributed by atoms with Crippen LogP contribution in [0.15, 0.2) is 53.0 Å². The average molecular weight is 351 g/mol. The number of rotatable bonds is 6. The second kappa shape index (κ2) is 7.66. The number of benzene rings is 2. The number of halogens is 1. The Morgan fingerprint density at radius 1 is 1.05 bits per heavy atom. The minimum absolute atomic E-state index is 0.334. The Morgan fingerprint density at radius 2 is 1.71 bits per heavy atom. The van der Waals surface area contributed by atoms with Gasteiger partial charge in [0.2, 0.25) is 0 Å². The van der Waals surface area contributed by atoms with E-state index in [1.165, 1.54) is 0 Å². The van der Waals surface area contributed by atoms with Gasteiger partial charge in [-0.15, -0.1) is 0 Å². The molecule has 0 aliphatic heterocycles. The number of carbonyl (C=O) groups is 1. The molecule has 110 valence electrons. The molecule has 0 saturated carbocycles. The highest BCUT2D eigenvalue weighted by molar-refractivity contribution is 9.10. The first-order valence-corrected chi connectivity index (χ1v) is 7.10. The zero-order chi connectivity index (χ0) is 15.1. The lowest BCUT2D eigenvalue weighted by atomic mass is 10.2. The van der Waals surface area contributed by atoms with E-state index in [9.17, 15) is 4.79 Å². The van der Waals surface area contributed by atoms with Gasteiger partial charge in [-0.1, -0.05) is 22.0 Å². The van der Waals surface area contributed by atoms with Crippen molar-refractivity contribution in [2.45, 2.75) is 0 Å². The lowest BCUT2D eigenvalue weighted by molar-refractivity contribution is 0.0953. The molecule has 0 saturated heterocycles. The smallest absolute Gasteiger partial charge is 0.265 e. The largest absolute Gasteiger partial charge is 0.490 e. The standard InChI is InChI=1S/C15H15BrN2O3/c16-12-2-1-3-14(10-12)21-9-8-20-13-6-4-11(5-7-13)15(19)18-17/h1-7,10H,8-9,17H2,(H,18,19). The van der Waals surface area contributed by atoms with E-state index in [0.717, 1.165) is 10.2 Å². The first-order valence-electron chi connectivity index (χ1n) is 6.31. The van der Waals surface area contributed by atoms with Crippen molar-refractivity contribution in [3.05, 3.63) is 58.6 Å². The SMILES string of the molecule is NNC(=O)c1ccc(OCCOc2cccc(Br)c2)cc1. The Hall–Kier alpha value is -2.05. The van der Waals surface area contributed by atoms with Crippen molar-refractivity contribution in [3.63, 3.8) is 0 Å². The molecule has 1 amide bonds. The lowest BCUT2D eigenvalue weighted by Crippen LogP contribution is -2.29. The highest BCUT2D eigenvalue weighted by Gasteiger charge is 2.03. The van der Waals surface area contributed by atoms with Gasteiger partial charge in [-0.3, -0.25) is 10.2 Å². The van der Waals surface area contributed by atoms with E-state index >= 15 is 0 Å². The van der Waals surface area contributed by atoms with Crippen molar-refractivity contribution in [3.8, 4) is 11.5 Å². The average Bonchev–Trinajstić information content (AvgIpc) is 2.51. The van der Waals surface area contributed by atoms with Gasteiger partial charge in [0.15, 0.2) is 0 Å². The topological polar surface area (TPSA) is 73.6 Å². The monoisotopic (exact) mass is 350 g/mol. The van der Waals surface area contributed by atoms with E-state index < -0.39 is 0 Å². The first-order chi connectivity index (χ1) is 10.2. The summed E-state index contributed by atoms with van der Waals surface area (Å²) in [5.41, 5.74) is 2.55. The maximum absolute atomic E-state index is 11.3. The second-order valence-electron chi connectivity index (χ2n) is 4.15. The maximum atomic E-state index is 11.3. The Kier molecular flexibility index (Phi) is 5.59. The molecule has 2 aromatic rings. The number of ether oxygens (including phenoxy) is 2. The van der Waals surface area contributed by atoms with Crippen LogP contribution < -0.4 is 20.7 Å². The van der Waals surface area contributed by atoms with Gasteiger partial charge in [-0.25, -0.2) is 5.84 Å². The molecule has 21 heavy (non-hydrogen) atoms. The highest BCUT2D eigenvalue weighted by atomic mass is 79.9. The van der Waals surface area contributed by atoms with E-state index in [4.69, 9.17) is 15.3 Å². The van der Waals surface area contributed by atoms with Crippen LogP contribution in [0.3, 0.4) is 0 Å². The molecule has 5 nitrogen and oxygen atoms in total. The van der Waals surface area contributed by atoms with Crippen molar-refractivity contribution in [1.29, 1.82) is 0 Å². The first kappa shape index (κ1) is 15.3. The molecule has 0 radical (unpaired) electrons. The molecular formula is C15H15BrN2O3. The van der Waals surface area contributed by atoms with Crippen LogP contribution in [0.5, 0.6) is 11.5 Å². The van der Waals surface area contributed by atoms with Crippen molar-refractivity contribution in [1.82, 2.24) is 5.43 Å². The number of nitrogens with one attached hydrogen (secondary N) is 1. The molecule has 0 atom stereocenters. The third-order valence-corrected chi connectivity index (χ3v) is 3.16. The van der Waals surface area contributed by atoms with Crippen LogP contribution in [0.2, 0.25) is 0 Å². The molecule has 0 aliphatic carbocycles. The summed E-state index contributed by atoms with van der Waals surface area (Å²) < 4.78 is 12.0. The van der Waals surface area contributed by atoms with Crippen LogP contribution in [0.1, 0.15) is 10.4 Å². The van der Waals surface area contributed by atoms with Gasteiger partial charge in [0, 0.05) is 10.0 Å². The molecule has 0 fully saturated rings. The Bertz CT molecular complexity index is 602. The van der Waals surface area contributed by atoms with Crippen LogP contribution in [0.25, 0.3) is 0 Å². The summed E-state index contributed by atoms with van der Waals surface area (Å²) >= 11 is 3.38. The molecule has 0 spiro atoms. The van der Waals surface area contributed by atoms with Gasteiger partial charge in [-0.2, -0.15) is 0 Å². The zero-order valence-corrected chi connectivity index (χ0v) is 12.8. The maximum Gasteiger partial charge on any atom is 0.265 e. The third kappa shape index (κ3) is 4.77. The predicted octanol–water partition coefficient (Wildman–Crippen LogP) is 2.51. The van der Waals surface area contributed by atoms with Crippen LogP contribution >= 0.6 is 15.9 Å². The predicted molar refractivity (Wildman–Crippen MR) is 83.2 cm³/mol. The third-order valence-electron chi connectivity index (χ3n) is 2.66. The number of nitrogen functional groups attached to an aromatic ring is 1. The van der Waals surface area contributed by atoms with Gasteiger partial charge in [0.1, 0.15) is 24.7 Å². The quantitative estimate of drug-likeness (QED) is 0.363. The summed E-state index contributed by atoms with van der Waals surface area (Å²) in [6, 6.07) is 14.3. The molecule has 6 heteroatoms. The van der Waals surface area contributed by atoms with Crippen LogP contribution in [-0.2, 0) is 0 Å².